The minimum absolute atomic E-state index is 0.155. The van der Waals surface area contributed by atoms with Crippen LogP contribution in [0.5, 0.6) is 0 Å². The maximum Gasteiger partial charge on any atom is 0.0827 e. The zero-order valence-electron chi connectivity index (χ0n) is 27.8. The largest absolute Gasteiger partial charge is 0.610 e. The summed E-state index contributed by atoms with van der Waals surface area (Å²) in [4.78, 5) is 0. The molecule has 1 saturated heterocycles. The van der Waals surface area contributed by atoms with Crippen LogP contribution in [0.3, 0.4) is 0 Å². The van der Waals surface area contributed by atoms with Gasteiger partial charge in [-0.1, -0.05) is 169 Å². The lowest BCUT2D eigenvalue weighted by atomic mass is 9.93. The summed E-state index contributed by atoms with van der Waals surface area (Å²) in [5, 5.41) is 28.5. The average molecular weight is 654 g/mol. The smallest absolute Gasteiger partial charge is 0.0827 e. The predicted octanol–water partition coefficient (Wildman–Crippen LogP) is 12.0. The normalized spacial score (nSPS) is 18.2. The minimum Gasteiger partial charge on any atom is -0.610 e. The highest BCUT2D eigenvalue weighted by Crippen LogP contribution is 2.47. The molecular formula is C47H33N4-. The topological polar surface area (TPSA) is 43.1 Å². The van der Waals surface area contributed by atoms with E-state index in [1.165, 1.54) is 75.7 Å². The summed E-state index contributed by atoms with van der Waals surface area (Å²) in [5.74, 6) is 0. The van der Waals surface area contributed by atoms with Crippen molar-refractivity contribution in [3.63, 3.8) is 0 Å². The molecule has 1 fully saturated rings. The van der Waals surface area contributed by atoms with E-state index < -0.39 is 0 Å². The summed E-state index contributed by atoms with van der Waals surface area (Å²) < 4.78 is 2.47. The van der Waals surface area contributed by atoms with Gasteiger partial charge in [0.1, 0.15) is 0 Å². The van der Waals surface area contributed by atoms with Gasteiger partial charge in [-0.05, 0) is 67.1 Å². The van der Waals surface area contributed by atoms with Crippen molar-refractivity contribution in [3.05, 3.63) is 186 Å². The number of aromatic nitrogens is 1. The van der Waals surface area contributed by atoms with E-state index in [-0.39, 0.29) is 18.6 Å². The highest BCUT2D eigenvalue weighted by Gasteiger charge is 2.26. The fourth-order valence-corrected chi connectivity index (χ4v) is 8.59. The quantitative estimate of drug-likeness (QED) is 0.186. The van der Waals surface area contributed by atoms with Gasteiger partial charge in [-0.15, -0.1) is 0 Å². The van der Waals surface area contributed by atoms with Gasteiger partial charge in [0.25, 0.3) is 0 Å². The Balaban J connectivity index is 1.19. The molecule has 10 aromatic rings. The maximum atomic E-state index is 5.63. The molecule has 1 aromatic heterocycles. The molecule has 2 heterocycles. The summed E-state index contributed by atoms with van der Waals surface area (Å²) in [5.41, 5.74) is 4.69. The van der Waals surface area contributed by atoms with Crippen LogP contribution in [0.1, 0.15) is 29.7 Å². The molecule has 0 aliphatic carbocycles. The van der Waals surface area contributed by atoms with E-state index in [0.717, 1.165) is 11.1 Å². The van der Waals surface area contributed by atoms with Gasteiger partial charge in [0, 0.05) is 27.1 Å². The van der Waals surface area contributed by atoms with Crippen molar-refractivity contribution in [1.29, 1.82) is 0 Å². The van der Waals surface area contributed by atoms with Gasteiger partial charge in [-0.3, -0.25) is 5.32 Å². The van der Waals surface area contributed by atoms with Crippen LogP contribution in [0.2, 0.25) is 0 Å². The van der Waals surface area contributed by atoms with Crippen LogP contribution >= 0.6 is 0 Å². The molecule has 0 saturated carbocycles. The van der Waals surface area contributed by atoms with E-state index in [9.17, 15) is 0 Å². The second-order valence-electron chi connectivity index (χ2n) is 13.8. The highest BCUT2D eigenvalue weighted by atomic mass is 15.4. The van der Waals surface area contributed by atoms with Crippen LogP contribution < -0.4 is 10.6 Å². The minimum atomic E-state index is -0.363. The van der Waals surface area contributed by atoms with Crippen LogP contribution in [0.4, 0.5) is 0 Å². The molecule has 0 spiro atoms. The van der Waals surface area contributed by atoms with Crippen molar-refractivity contribution in [1.82, 2.24) is 15.2 Å². The Kier molecular flexibility index (Phi) is 6.34. The van der Waals surface area contributed by atoms with Gasteiger partial charge in [0.2, 0.25) is 0 Å². The first-order chi connectivity index (χ1) is 25.3. The van der Waals surface area contributed by atoms with E-state index in [4.69, 9.17) is 5.32 Å². The van der Waals surface area contributed by atoms with Crippen LogP contribution in [-0.2, 0) is 0 Å². The van der Waals surface area contributed by atoms with Gasteiger partial charge >= 0.3 is 0 Å². The van der Waals surface area contributed by atoms with Crippen molar-refractivity contribution >= 4 is 75.7 Å². The van der Waals surface area contributed by atoms with Crippen LogP contribution in [0.15, 0.2) is 170 Å². The van der Waals surface area contributed by atoms with Crippen molar-refractivity contribution in [3.8, 4) is 0 Å². The Hall–Kier alpha value is -6.04. The third kappa shape index (κ3) is 4.44. The molecule has 9 aromatic carbocycles. The first-order valence-electron chi connectivity index (χ1n) is 17.7. The molecule has 3 unspecified atom stereocenters. The SMILES string of the molecule is c1ccc2cc(C3[N-]C(n4c5ccccc5c5c6c7ccccc7ccc6c6ccccc6c54)NC(c4ccc5ccccc5c4)N3)ccc2c1. The van der Waals surface area contributed by atoms with Crippen molar-refractivity contribution in [2.24, 2.45) is 0 Å². The molecule has 1 aliphatic heterocycles. The van der Waals surface area contributed by atoms with Gasteiger partial charge in [-0.25, -0.2) is 0 Å². The Morgan fingerprint density at radius 2 is 0.980 bits per heavy atom. The van der Waals surface area contributed by atoms with E-state index >= 15 is 0 Å². The standard InChI is InChI=1S/C47H33N4/c1-3-14-32-27-34(23-21-29(32)11-1)45-48-46(35-24-22-30-12-2-4-15-33(30)28-35)50-47(49-45)51-41-20-10-9-19-40(41)43-42-36-16-6-5-13-31(36)25-26-38(42)37-17-7-8-18-39(37)44(43)51/h1-28,45-49H/q-1. The average Bonchev–Trinajstić information content (AvgIpc) is 3.55. The monoisotopic (exact) mass is 653 g/mol. The van der Waals surface area contributed by atoms with Crippen molar-refractivity contribution < 1.29 is 0 Å². The van der Waals surface area contributed by atoms with Gasteiger partial charge in [0.15, 0.2) is 0 Å². The van der Waals surface area contributed by atoms with Crippen molar-refractivity contribution in [2.45, 2.75) is 18.6 Å². The zero-order chi connectivity index (χ0) is 33.5. The molecule has 2 N–H and O–H groups in total. The maximum absolute atomic E-state index is 5.63. The van der Waals surface area contributed by atoms with Crippen molar-refractivity contribution in [2.75, 3.05) is 0 Å². The third-order valence-electron chi connectivity index (χ3n) is 10.9. The van der Waals surface area contributed by atoms with Crippen LogP contribution in [-0.4, -0.2) is 4.57 Å². The van der Waals surface area contributed by atoms with Gasteiger partial charge in [0.05, 0.1) is 11.7 Å². The predicted molar refractivity (Wildman–Crippen MR) is 214 cm³/mol. The first-order valence-corrected chi connectivity index (χ1v) is 17.7. The van der Waals surface area contributed by atoms with Crippen LogP contribution in [0.25, 0.3) is 81.0 Å². The second-order valence-corrected chi connectivity index (χ2v) is 13.8. The lowest BCUT2D eigenvalue weighted by Crippen LogP contribution is -2.46. The molecule has 3 atom stereocenters. The summed E-state index contributed by atoms with van der Waals surface area (Å²) in [7, 11) is 0. The summed E-state index contributed by atoms with van der Waals surface area (Å²) in [6, 6.07) is 61.8. The molecule has 0 bridgehead atoms. The summed E-state index contributed by atoms with van der Waals surface area (Å²) in [6.45, 7) is 0. The molecule has 51 heavy (non-hydrogen) atoms. The number of rotatable bonds is 3. The second kappa shape index (κ2) is 11.2. The number of para-hydroxylation sites is 1. The molecule has 1 aliphatic rings. The Labute approximate surface area is 294 Å². The number of benzene rings is 9. The fraction of sp³-hybridized carbons (Fsp3) is 0.0638. The Morgan fingerprint density at radius 1 is 0.412 bits per heavy atom. The molecule has 0 amide bonds. The molecule has 11 rings (SSSR count). The highest BCUT2D eigenvalue weighted by molar-refractivity contribution is 6.36. The number of fused-ring (bicyclic) bond motifs is 12. The number of hydrogen-bond acceptors (Lipinski definition) is 2. The molecular weight excluding hydrogens is 621 g/mol. The summed E-state index contributed by atoms with van der Waals surface area (Å²) >= 11 is 0. The number of nitrogens with zero attached hydrogens (tertiary/aromatic N) is 2. The fourth-order valence-electron chi connectivity index (χ4n) is 8.59. The zero-order valence-corrected chi connectivity index (χ0v) is 27.8. The van der Waals surface area contributed by atoms with Gasteiger partial charge in [-0.2, -0.15) is 0 Å². The van der Waals surface area contributed by atoms with E-state index in [1.54, 1.807) is 0 Å². The van der Waals surface area contributed by atoms with Gasteiger partial charge < -0.3 is 15.2 Å². The van der Waals surface area contributed by atoms with E-state index in [0.29, 0.717) is 0 Å². The number of nitrogens with one attached hydrogen (secondary N) is 2. The molecule has 0 radical (unpaired) electrons. The Bertz CT molecular complexity index is 2910. The lowest BCUT2D eigenvalue weighted by molar-refractivity contribution is 0.275. The molecule has 242 valence electrons. The number of hydrogen-bond donors (Lipinski definition) is 2. The van der Waals surface area contributed by atoms with E-state index in [2.05, 4.69) is 185 Å². The van der Waals surface area contributed by atoms with Crippen LogP contribution in [0, 0.1) is 0 Å². The molecule has 4 nitrogen and oxygen atoms in total. The molecule has 4 heteroatoms. The Morgan fingerprint density at radius 3 is 1.75 bits per heavy atom. The summed E-state index contributed by atoms with van der Waals surface area (Å²) in [6.07, 6.45) is -0.768. The lowest BCUT2D eigenvalue weighted by Gasteiger charge is -2.51. The van der Waals surface area contributed by atoms with E-state index in [1.807, 2.05) is 0 Å². The third-order valence-corrected chi connectivity index (χ3v) is 10.9. The first kappa shape index (κ1) is 28.8.